The molecule has 26 heavy (non-hydrogen) atoms. The van der Waals surface area contributed by atoms with Gasteiger partial charge in [-0.25, -0.2) is 12.7 Å². The summed E-state index contributed by atoms with van der Waals surface area (Å²) in [5.74, 6) is 0.616. The Balaban J connectivity index is 1.88. The largest absolute Gasteiger partial charge is 0.497 e. The lowest BCUT2D eigenvalue weighted by molar-refractivity contribution is -0.134. The fourth-order valence-electron chi connectivity index (χ4n) is 2.20. The molecule has 0 spiro atoms. The van der Waals surface area contributed by atoms with Gasteiger partial charge in [0.05, 0.1) is 16.5 Å². The summed E-state index contributed by atoms with van der Waals surface area (Å²) >= 11 is 3.30. The number of methoxy groups -OCH3 is 1. The average Bonchev–Trinajstić information content (AvgIpc) is 2.63. The number of carbonyl (C=O) groups excluding carboxylic acids is 1. The number of hydrogen-bond acceptors (Lipinski definition) is 5. The Morgan fingerprint density at radius 2 is 1.77 bits per heavy atom. The van der Waals surface area contributed by atoms with Crippen LogP contribution < -0.4 is 9.47 Å². The van der Waals surface area contributed by atoms with Gasteiger partial charge in [0.15, 0.2) is 0 Å². The van der Waals surface area contributed by atoms with Gasteiger partial charge < -0.3 is 9.47 Å². The van der Waals surface area contributed by atoms with Crippen molar-refractivity contribution in [1.29, 1.82) is 0 Å². The molecule has 0 aliphatic rings. The number of esters is 1. The van der Waals surface area contributed by atoms with Crippen LogP contribution in [0.1, 0.15) is 12.8 Å². The molecule has 2 rings (SSSR count). The zero-order valence-electron chi connectivity index (χ0n) is 14.5. The summed E-state index contributed by atoms with van der Waals surface area (Å²) in [6, 6.07) is 13.2. The topological polar surface area (TPSA) is 72.9 Å². The summed E-state index contributed by atoms with van der Waals surface area (Å²) in [4.78, 5) is 12.1. The molecule has 0 aliphatic heterocycles. The lowest BCUT2D eigenvalue weighted by Crippen LogP contribution is -2.28. The van der Waals surface area contributed by atoms with Gasteiger partial charge in [0, 0.05) is 20.0 Å². The molecule has 0 fully saturated rings. The number of rotatable bonds is 8. The summed E-state index contributed by atoms with van der Waals surface area (Å²) < 4.78 is 37.2. The Labute approximate surface area is 161 Å². The second kappa shape index (κ2) is 9.16. The summed E-state index contributed by atoms with van der Waals surface area (Å²) in [5, 5.41) is 0. The number of para-hydroxylation sites is 1. The Bertz CT molecular complexity index is 852. The molecular formula is C18H20BrNO5S. The third-order valence-corrected chi connectivity index (χ3v) is 6.21. The van der Waals surface area contributed by atoms with E-state index in [1.54, 1.807) is 30.3 Å². The van der Waals surface area contributed by atoms with Gasteiger partial charge in [-0.1, -0.05) is 12.1 Å². The second-order valence-electron chi connectivity index (χ2n) is 5.51. The summed E-state index contributed by atoms with van der Waals surface area (Å²) in [7, 11) is -0.608. The third kappa shape index (κ3) is 5.30. The summed E-state index contributed by atoms with van der Waals surface area (Å²) in [5.41, 5.74) is 0. The van der Waals surface area contributed by atoms with Gasteiger partial charge in [0.1, 0.15) is 11.5 Å². The van der Waals surface area contributed by atoms with E-state index in [2.05, 4.69) is 15.9 Å². The van der Waals surface area contributed by atoms with Crippen molar-refractivity contribution in [2.24, 2.45) is 0 Å². The van der Waals surface area contributed by atoms with Crippen molar-refractivity contribution in [2.45, 2.75) is 17.7 Å². The van der Waals surface area contributed by atoms with Crippen LogP contribution in [0.15, 0.2) is 57.9 Å². The molecule has 0 aromatic heterocycles. The lowest BCUT2D eigenvalue weighted by Gasteiger charge is -2.17. The van der Waals surface area contributed by atoms with Crippen LogP contribution in [-0.2, 0) is 14.8 Å². The quantitative estimate of drug-likeness (QED) is 0.463. The molecule has 0 amide bonds. The van der Waals surface area contributed by atoms with Gasteiger partial charge in [-0.2, -0.15) is 0 Å². The first-order valence-corrected chi connectivity index (χ1v) is 10.1. The van der Waals surface area contributed by atoms with Crippen molar-refractivity contribution in [1.82, 2.24) is 4.31 Å². The second-order valence-corrected chi connectivity index (χ2v) is 8.41. The molecule has 0 atom stereocenters. The Morgan fingerprint density at radius 3 is 2.38 bits per heavy atom. The number of halogens is 1. The monoisotopic (exact) mass is 441 g/mol. The van der Waals surface area contributed by atoms with Crippen LogP contribution in [0.5, 0.6) is 11.5 Å². The van der Waals surface area contributed by atoms with Crippen LogP contribution in [0.4, 0.5) is 0 Å². The molecule has 0 radical (unpaired) electrons. The molecule has 2 aromatic carbocycles. The fraction of sp³-hybridized carbons (Fsp3) is 0.278. The van der Waals surface area contributed by atoms with E-state index < -0.39 is 16.0 Å². The van der Waals surface area contributed by atoms with E-state index in [1.165, 1.54) is 30.6 Å². The minimum absolute atomic E-state index is 0.115. The van der Waals surface area contributed by atoms with E-state index in [1.807, 2.05) is 6.07 Å². The fourth-order valence-corrected chi connectivity index (χ4v) is 3.77. The van der Waals surface area contributed by atoms with E-state index in [-0.39, 0.29) is 17.9 Å². The van der Waals surface area contributed by atoms with Crippen molar-refractivity contribution in [3.05, 3.63) is 53.0 Å². The molecule has 0 heterocycles. The van der Waals surface area contributed by atoms with Crippen LogP contribution >= 0.6 is 15.9 Å². The van der Waals surface area contributed by atoms with Gasteiger partial charge in [0.2, 0.25) is 10.0 Å². The van der Waals surface area contributed by atoms with Crippen LogP contribution in [0.2, 0.25) is 0 Å². The van der Waals surface area contributed by atoms with Crippen LogP contribution in [0, 0.1) is 0 Å². The minimum Gasteiger partial charge on any atom is -0.497 e. The highest BCUT2D eigenvalue weighted by Gasteiger charge is 2.20. The highest BCUT2D eigenvalue weighted by Crippen LogP contribution is 2.24. The predicted octanol–water partition coefficient (Wildman–Crippen LogP) is 3.46. The smallest absolute Gasteiger partial charge is 0.311 e. The molecule has 140 valence electrons. The molecule has 0 unspecified atom stereocenters. The Hall–Kier alpha value is -1.90. The maximum absolute atomic E-state index is 12.5. The summed E-state index contributed by atoms with van der Waals surface area (Å²) in [6.07, 6.45) is 0.471. The number of ether oxygens (including phenoxy) is 2. The van der Waals surface area contributed by atoms with Gasteiger partial charge in [-0.05, 0) is 58.7 Å². The molecule has 0 aliphatic carbocycles. The normalized spacial score (nSPS) is 11.4. The van der Waals surface area contributed by atoms with Crippen molar-refractivity contribution < 1.29 is 22.7 Å². The SMILES string of the molecule is COc1ccc(S(=O)(=O)N(C)CCCC(=O)Oc2ccccc2Br)cc1. The van der Waals surface area contributed by atoms with Crippen molar-refractivity contribution in [3.8, 4) is 11.5 Å². The van der Waals surface area contributed by atoms with Gasteiger partial charge in [0.25, 0.3) is 0 Å². The zero-order chi connectivity index (χ0) is 19.2. The van der Waals surface area contributed by atoms with Crippen molar-refractivity contribution >= 4 is 31.9 Å². The third-order valence-electron chi connectivity index (χ3n) is 3.68. The van der Waals surface area contributed by atoms with Gasteiger partial charge >= 0.3 is 5.97 Å². The Morgan fingerprint density at radius 1 is 1.12 bits per heavy atom. The van der Waals surface area contributed by atoms with E-state index in [0.717, 1.165) is 0 Å². The first kappa shape index (κ1) is 20.4. The summed E-state index contributed by atoms with van der Waals surface area (Å²) in [6.45, 7) is 0.208. The molecule has 0 saturated heterocycles. The van der Waals surface area contributed by atoms with E-state index in [9.17, 15) is 13.2 Å². The number of benzene rings is 2. The predicted molar refractivity (Wildman–Crippen MR) is 102 cm³/mol. The average molecular weight is 442 g/mol. The zero-order valence-corrected chi connectivity index (χ0v) is 16.9. The maximum Gasteiger partial charge on any atom is 0.311 e. The molecular weight excluding hydrogens is 422 g/mol. The first-order chi connectivity index (χ1) is 12.3. The molecule has 8 heteroatoms. The highest BCUT2D eigenvalue weighted by atomic mass is 79.9. The van der Waals surface area contributed by atoms with E-state index in [4.69, 9.17) is 9.47 Å². The van der Waals surface area contributed by atoms with Crippen LogP contribution in [-0.4, -0.2) is 39.4 Å². The van der Waals surface area contributed by atoms with E-state index in [0.29, 0.717) is 22.4 Å². The van der Waals surface area contributed by atoms with Crippen LogP contribution in [0.25, 0.3) is 0 Å². The molecule has 2 aromatic rings. The van der Waals surface area contributed by atoms with Crippen molar-refractivity contribution in [3.63, 3.8) is 0 Å². The molecule has 0 N–H and O–H groups in total. The van der Waals surface area contributed by atoms with Crippen molar-refractivity contribution in [2.75, 3.05) is 20.7 Å². The number of hydrogen-bond donors (Lipinski definition) is 0. The van der Waals surface area contributed by atoms with E-state index >= 15 is 0 Å². The highest BCUT2D eigenvalue weighted by molar-refractivity contribution is 9.10. The lowest BCUT2D eigenvalue weighted by atomic mass is 10.3. The standard InChI is InChI=1S/C18H20BrNO5S/c1-20(26(22,23)15-11-9-14(24-2)10-12-15)13-5-8-18(21)25-17-7-4-3-6-16(17)19/h3-4,6-7,9-12H,5,8,13H2,1-2H3. The van der Waals surface area contributed by atoms with Crippen LogP contribution in [0.3, 0.4) is 0 Å². The number of sulfonamides is 1. The Kier molecular flexibility index (Phi) is 7.19. The minimum atomic E-state index is -3.61. The van der Waals surface area contributed by atoms with Gasteiger partial charge in [-0.3, -0.25) is 4.79 Å². The molecule has 6 nitrogen and oxygen atoms in total. The number of carbonyl (C=O) groups is 1. The molecule has 0 saturated carbocycles. The number of nitrogens with zero attached hydrogens (tertiary/aromatic N) is 1. The maximum atomic E-state index is 12.5. The first-order valence-electron chi connectivity index (χ1n) is 7.90. The van der Waals surface area contributed by atoms with Gasteiger partial charge in [-0.15, -0.1) is 0 Å². The molecule has 0 bridgehead atoms.